The standard InChI is InChI=1S/C20H33NO2.C7H8/c1-12-9-16-20(3,8-6-17(23)21(16)4)14-5-7-19(2)11-13(22)10-15(19)18(12)14;1-7-5-3-2-4-6-7/h12-16,18,22H,5-11H2,1-4H3;2-6H,1H3/t12?,13-,14?,15?,16?,18?,19-,20-;/m1./s1. The molecule has 4 aliphatic rings. The van der Waals surface area contributed by atoms with Crippen LogP contribution in [-0.4, -0.2) is 35.1 Å². The Morgan fingerprint density at radius 1 is 1.07 bits per heavy atom. The molecule has 5 unspecified atom stereocenters. The van der Waals surface area contributed by atoms with Crippen LogP contribution in [0.25, 0.3) is 0 Å². The van der Waals surface area contributed by atoms with Crippen LogP contribution in [0.2, 0.25) is 0 Å². The van der Waals surface area contributed by atoms with E-state index in [2.05, 4.69) is 44.7 Å². The molecule has 1 aliphatic heterocycles. The summed E-state index contributed by atoms with van der Waals surface area (Å²) in [7, 11) is 2.03. The van der Waals surface area contributed by atoms with Gasteiger partial charge in [-0.2, -0.15) is 0 Å². The summed E-state index contributed by atoms with van der Waals surface area (Å²) in [5.41, 5.74) is 1.96. The Balaban J connectivity index is 0.000000265. The van der Waals surface area contributed by atoms with Gasteiger partial charge in [0.25, 0.3) is 0 Å². The van der Waals surface area contributed by atoms with Crippen molar-refractivity contribution in [3.8, 4) is 0 Å². The Labute approximate surface area is 183 Å². The first-order valence-electron chi connectivity index (χ1n) is 12.1. The number of benzene rings is 1. The molecule has 1 saturated heterocycles. The van der Waals surface area contributed by atoms with Crippen LogP contribution < -0.4 is 0 Å². The van der Waals surface area contributed by atoms with Gasteiger partial charge in [0.05, 0.1) is 6.10 Å². The van der Waals surface area contributed by atoms with E-state index in [1.54, 1.807) is 0 Å². The highest BCUT2D eigenvalue weighted by Gasteiger charge is 2.61. The lowest BCUT2D eigenvalue weighted by molar-refractivity contribution is -0.164. The van der Waals surface area contributed by atoms with E-state index in [0.717, 1.165) is 43.9 Å². The molecule has 1 N–H and O–H groups in total. The number of rotatable bonds is 0. The van der Waals surface area contributed by atoms with Crippen LogP contribution in [0.15, 0.2) is 30.3 Å². The highest BCUT2D eigenvalue weighted by Crippen LogP contribution is 2.65. The Hall–Kier alpha value is -1.35. The Bertz CT molecular complexity index is 763. The molecule has 3 heteroatoms. The summed E-state index contributed by atoms with van der Waals surface area (Å²) in [6.07, 6.45) is 7.45. The van der Waals surface area contributed by atoms with Gasteiger partial charge in [0.1, 0.15) is 0 Å². The van der Waals surface area contributed by atoms with Crippen molar-refractivity contribution >= 4 is 5.91 Å². The molecule has 3 nitrogen and oxygen atoms in total. The Kier molecular flexibility index (Phi) is 5.81. The van der Waals surface area contributed by atoms with Crippen molar-refractivity contribution in [2.75, 3.05) is 7.05 Å². The lowest BCUT2D eigenvalue weighted by Gasteiger charge is -2.63. The maximum absolute atomic E-state index is 12.2. The van der Waals surface area contributed by atoms with E-state index < -0.39 is 0 Å². The van der Waals surface area contributed by atoms with Gasteiger partial charge in [0.2, 0.25) is 5.91 Å². The van der Waals surface area contributed by atoms with Crippen LogP contribution in [0.4, 0.5) is 0 Å². The van der Waals surface area contributed by atoms with Gasteiger partial charge in [-0.3, -0.25) is 4.79 Å². The van der Waals surface area contributed by atoms with Crippen LogP contribution in [0.3, 0.4) is 0 Å². The molecule has 1 aromatic rings. The average molecular weight is 412 g/mol. The van der Waals surface area contributed by atoms with Crippen molar-refractivity contribution in [1.82, 2.24) is 4.90 Å². The molecule has 0 bridgehead atoms. The quantitative estimate of drug-likeness (QED) is 0.616. The number of piperidine rings is 1. The van der Waals surface area contributed by atoms with Crippen molar-refractivity contribution < 1.29 is 9.90 Å². The molecule has 1 amide bonds. The third kappa shape index (κ3) is 3.61. The van der Waals surface area contributed by atoms with Gasteiger partial charge in [0.15, 0.2) is 0 Å². The summed E-state index contributed by atoms with van der Waals surface area (Å²) >= 11 is 0. The molecule has 0 spiro atoms. The topological polar surface area (TPSA) is 40.5 Å². The minimum atomic E-state index is -0.0860. The molecular formula is C27H41NO2. The van der Waals surface area contributed by atoms with Crippen molar-refractivity contribution in [3.05, 3.63) is 35.9 Å². The first kappa shape index (κ1) is 21.9. The van der Waals surface area contributed by atoms with Gasteiger partial charge in [-0.15, -0.1) is 0 Å². The molecule has 3 aliphatic carbocycles. The number of carbonyl (C=O) groups is 1. The second-order valence-corrected chi connectivity index (χ2v) is 11.5. The second-order valence-electron chi connectivity index (χ2n) is 11.5. The number of fused-ring (bicyclic) bond motifs is 5. The van der Waals surface area contributed by atoms with Crippen LogP contribution >= 0.6 is 0 Å². The predicted octanol–water partition coefficient (Wildman–Crippen LogP) is 5.45. The Morgan fingerprint density at radius 2 is 1.77 bits per heavy atom. The van der Waals surface area contributed by atoms with Gasteiger partial charge in [-0.25, -0.2) is 0 Å². The van der Waals surface area contributed by atoms with Crippen LogP contribution in [0, 0.1) is 41.4 Å². The smallest absolute Gasteiger partial charge is 0.222 e. The summed E-state index contributed by atoms with van der Waals surface area (Å²) in [5, 5.41) is 10.3. The van der Waals surface area contributed by atoms with Crippen LogP contribution in [0.1, 0.15) is 71.3 Å². The molecular weight excluding hydrogens is 370 g/mol. The maximum Gasteiger partial charge on any atom is 0.222 e. The largest absolute Gasteiger partial charge is 0.393 e. The van der Waals surface area contributed by atoms with Gasteiger partial charge in [0, 0.05) is 19.5 Å². The molecule has 1 aromatic carbocycles. The molecule has 166 valence electrons. The van der Waals surface area contributed by atoms with E-state index in [4.69, 9.17) is 0 Å². The fraction of sp³-hybridized carbons (Fsp3) is 0.741. The number of amides is 1. The minimum absolute atomic E-state index is 0.0860. The minimum Gasteiger partial charge on any atom is -0.393 e. The number of hydrogen-bond donors (Lipinski definition) is 1. The molecule has 1 heterocycles. The second kappa shape index (κ2) is 7.97. The summed E-state index contributed by atoms with van der Waals surface area (Å²) < 4.78 is 0. The zero-order valence-corrected chi connectivity index (χ0v) is 19.6. The average Bonchev–Trinajstić information content (AvgIpc) is 3.02. The van der Waals surface area contributed by atoms with Gasteiger partial charge in [-0.1, -0.05) is 56.7 Å². The lowest BCUT2D eigenvalue weighted by atomic mass is 9.45. The first-order chi connectivity index (χ1) is 14.2. The molecule has 0 aromatic heterocycles. The van der Waals surface area contributed by atoms with Gasteiger partial charge in [-0.05, 0) is 80.0 Å². The van der Waals surface area contributed by atoms with Crippen LogP contribution in [0.5, 0.6) is 0 Å². The SMILES string of the molecule is CC1CC2N(C)C(=O)CC[C@]2(C)C2CC[C@]3(C)C[C@H](O)CC3C12.Cc1ccccc1. The molecule has 0 radical (unpaired) electrons. The van der Waals surface area contributed by atoms with Crippen molar-refractivity contribution in [2.45, 2.75) is 84.8 Å². The monoisotopic (exact) mass is 411 g/mol. The number of aliphatic hydroxyl groups excluding tert-OH is 1. The van der Waals surface area contributed by atoms with E-state index in [1.165, 1.54) is 18.4 Å². The summed E-state index contributed by atoms with van der Waals surface area (Å²) in [6, 6.07) is 10.7. The fourth-order valence-corrected chi connectivity index (χ4v) is 8.02. The zero-order chi connectivity index (χ0) is 21.7. The summed E-state index contributed by atoms with van der Waals surface area (Å²) in [4.78, 5) is 14.3. The molecule has 8 atom stereocenters. The van der Waals surface area contributed by atoms with Crippen molar-refractivity contribution in [2.24, 2.45) is 34.5 Å². The fourth-order valence-electron chi connectivity index (χ4n) is 8.02. The maximum atomic E-state index is 12.2. The third-order valence-corrected chi connectivity index (χ3v) is 9.62. The van der Waals surface area contributed by atoms with Crippen LogP contribution in [-0.2, 0) is 4.79 Å². The molecule has 5 rings (SSSR count). The first-order valence-corrected chi connectivity index (χ1v) is 12.1. The molecule has 30 heavy (non-hydrogen) atoms. The highest BCUT2D eigenvalue weighted by molar-refractivity contribution is 5.77. The predicted molar refractivity (Wildman–Crippen MR) is 122 cm³/mol. The lowest BCUT2D eigenvalue weighted by Crippen LogP contribution is -2.62. The number of hydrogen-bond acceptors (Lipinski definition) is 2. The third-order valence-electron chi connectivity index (χ3n) is 9.62. The number of nitrogens with zero attached hydrogens (tertiary/aromatic N) is 1. The summed E-state index contributed by atoms with van der Waals surface area (Å²) in [6.45, 7) is 9.40. The molecule has 4 fully saturated rings. The normalized spacial score (nSPS) is 45.0. The number of carbonyl (C=O) groups excluding carboxylic acids is 1. The van der Waals surface area contributed by atoms with Gasteiger partial charge < -0.3 is 10.0 Å². The van der Waals surface area contributed by atoms with E-state index in [0.29, 0.717) is 29.2 Å². The van der Waals surface area contributed by atoms with E-state index in [9.17, 15) is 9.90 Å². The van der Waals surface area contributed by atoms with E-state index >= 15 is 0 Å². The summed E-state index contributed by atoms with van der Waals surface area (Å²) in [5.74, 6) is 3.17. The number of aliphatic hydroxyl groups is 1. The number of aryl methyl sites for hydroxylation is 1. The highest BCUT2D eigenvalue weighted by atomic mass is 16.3. The molecule has 3 saturated carbocycles. The zero-order valence-electron chi connectivity index (χ0n) is 19.6. The van der Waals surface area contributed by atoms with Crippen molar-refractivity contribution in [3.63, 3.8) is 0 Å². The van der Waals surface area contributed by atoms with Crippen molar-refractivity contribution in [1.29, 1.82) is 0 Å². The van der Waals surface area contributed by atoms with Gasteiger partial charge >= 0.3 is 0 Å². The van der Waals surface area contributed by atoms with E-state index in [-0.39, 0.29) is 11.5 Å². The number of likely N-dealkylation sites (tertiary alicyclic amines) is 1. The Morgan fingerprint density at radius 3 is 2.40 bits per heavy atom. The van der Waals surface area contributed by atoms with E-state index in [1.807, 2.05) is 25.2 Å².